The fourth-order valence-corrected chi connectivity index (χ4v) is 7.00. The van der Waals surface area contributed by atoms with Gasteiger partial charge < -0.3 is 9.30 Å². The van der Waals surface area contributed by atoms with E-state index in [9.17, 15) is 13.0 Å². The van der Waals surface area contributed by atoms with E-state index >= 15 is 0 Å². The van der Waals surface area contributed by atoms with Crippen molar-refractivity contribution >= 4 is 29.2 Å². The van der Waals surface area contributed by atoms with Gasteiger partial charge >= 0.3 is 0 Å². The molecule has 0 amide bonds. The number of nitrogens with zero attached hydrogens (tertiary/aromatic N) is 5. The SMILES string of the molecule is CCC(C1CCC(n2cc(-c3ncnc4c3ccn4COCC[Si](C)(C)C)cn2)CC1)S(=O)(=O)O. The van der Waals surface area contributed by atoms with Crippen LogP contribution in [0.3, 0.4) is 0 Å². The molecule has 0 aliphatic heterocycles. The van der Waals surface area contributed by atoms with Gasteiger partial charge in [-0.25, -0.2) is 9.97 Å². The standard InChI is InChI=1S/C24H37N5O4SSi/c1-5-22(34(30,31)32)18-6-8-20(9-7-18)29-15-19(14-27-29)23-21-10-11-28(24(21)26-16-25-23)17-33-12-13-35(2,3)4/h10-11,14-16,18,20,22H,5-9,12-13,17H2,1-4H3,(H,30,31,32). The summed E-state index contributed by atoms with van der Waals surface area (Å²) in [6, 6.07) is 3.36. The molecule has 0 aromatic carbocycles. The van der Waals surface area contributed by atoms with E-state index in [4.69, 9.17) is 4.74 Å². The maximum atomic E-state index is 11.7. The molecule has 1 saturated carbocycles. The van der Waals surface area contributed by atoms with E-state index in [0.29, 0.717) is 13.2 Å². The van der Waals surface area contributed by atoms with E-state index < -0.39 is 23.4 Å². The van der Waals surface area contributed by atoms with E-state index in [1.165, 1.54) is 0 Å². The zero-order valence-electron chi connectivity index (χ0n) is 21.1. The van der Waals surface area contributed by atoms with Crippen molar-refractivity contribution in [2.24, 2.45) is 5.92 Å². The molecular weight excluding hydrogens is 482 g/mol. The molecule has 1 aliphatic rings. The molecule has 4 rings (SSSR count). The van der Waals surface area contributed by atoms with Crippen molar-refractivity contribution in [3.63, 3.8) is 0 Å². The van der Waals surface area contributed by atoms with Crippen molar-refractivity contribution in [2.75, 3.05) is 6.61 Å². The fraction of sp³-hybridized carbons (Fsp3) is 0.625. The maximum absolute atomic E-state index is 11.7. The van der Waals surface area contributed by atoms with Crippen molar-refractivity contribution in [1.29, 1.82) is 0 Å². The molecule has 192 valence electrons. The van der Waals surface area contributed by atoms with E-state index in [2.05, 4.69) is 34.7 Å². The predicted octanol–water partition coefficient (Wildman–Crippen LogP) is 5.00. The van der Waals surface area contributed by atoms with Gasteiger partial charge in [-0.05, 0) is 50.1 Å². The van der Waals surface area contributed by atoms with E-state index in [-0.39, 0.29) is 12.0 Å². The Balaban J connectivity index is 1.44. The van der Waals surface area contributed by atoms with E-state index in [1.807, 2.05) is 40.8 Å². The Morgan fingerprint density at radius 1 is 1.20 bits per heavy atom. The normalized spacial score (nSPS) is 20.4. The molecule has 3 heterocycles. The van der Waals surface area contributed by atoms with E-state index in [1.54, 1.807) is 6.33 Å². The summed E-state index contributed by atoms with van der Waals surface area (Å²) in [6.45, 7) is 10.1. The van der Waals surface area contributed by atoms with Crippen LogP contribution in [0, 0.1) is 5.92 Å². The van der Waals surface area contributed by atoms with Crippen molar-refractivity contribution in [3.8, 4) is 11.3 Å². The zero-order valence-corrected chi connectivity index (χ0v) is 22.9. The smallest absolute Gasteiger partial charge is 0.268 e. The number of rotatable bonds is 10. The first-order chi connectivity index (χ1) is 16.6. The predicted molar refractivity (Wildman–Crippen MR) is 139 cm³/mol. The molecule has 3 aromatic rings. The summed E-state index contributed by atoms with van der Waals surface area (Å²) in [5, 5.41) is 4.90. The Morgan fingerprint density at radius 2 is 1.94 bits per heavy atom. The van der Waals surface area contributed by atoms with Crippen molar-refractivity contribution in [3.05, 3.63) is 31.0 Å². The molecule has 0 spiro atoms. The Labute approximate surface area is 208 Å². The summed E-state index contributed by atoms with van der Waals surface area (Å²) >= 11 is 0. The monoisotopic (exact) mass is 519 g/mol. The van der Waals surface area contributed by atoms with Gasteiger partial charge in [0.1, 0.15) is 18.7 Å². The highest BCUT2D eigenvalue weighted by molar-refractivity contribution is 7.86. The van der Waals surface area contributed by atoms with Crippen LogP contribution in [0.15, 0.2) is 31.0 Å². The molecule has 0 radical (unpaired) electrons. The Bertz CT molecular complexity index is 1240. The number of fused-ring (bicyclic) bond motifs is 1. The van der Waals surface area contributed by atoms with Gasteiger partial charge in [0.2, 0.25) is 0 Å². The average Bonchev–Trinajstić information content (AvgIpc) is 3.44. The highest BCUT2D eigenvalue weighted by Crippen LogP contribution is 2.37. The summed E-state index contributed by atoms with van der Waals surface area (Å²) in [5.74, 6) is -0.00417. The third-order valence-electron chi connectivity index (χ3n) is 7.08. The van der Waals surface area contributed by atoms with Crippen LogP contribution in [0.4, 0.5) is 0 Å². The van der Waals surface area contributed by atoms with E-state index in [0.717, 1.165) is 60.6 Å². The van der Waals surface area contributed by atoms with Crippen molar-refractivity contribution in [1.82, 2.24) is 24.3 Å². The maximum Gasteiger partial charge on any atom is 0.268 e. The summed E-state index contributed by atoms with van der Waals surface area (Å²) in [7, 11) is -5.13. The molecule has 1 N–H and O–H groups in total. The molecule has 3 aromatic heterocycles. The van der Waals surface area contributed by atoms with Gasteiger partial charge in [-0.15, -0.1) is 0 Å². The summed E-state index contributed by atoms with van der Waals surface area (Å²) in [6.07, 6.45) is 11.1. The lowest BCUT2D eigenvalue weighted by Gasteiger charge is -2.32. The van der Waals surface area contributed by atoms with Crippen LogP contribution in [0.1, 0.15) is 45.1 Å². The highest BCUT2D eigenvalue weighted by atomic mass is 32.2. The van der Waals surface area contributed by atoms with Crippen LogP contribution in [0.2, 0.25) is 25.7 Å². The first kappa shape index (κ1) is 26.0. The molecule has 1 fully saturated rings. The molecule has 0 bridgehead atoms. The summed E-state index contributed by atoms with van der Waals surface area (Å²) < 4.78 is 42.9. The number of aromatic nitrogens is 5. The van der Waals surface area contributed by atoms with Crippen LogP contribution in [0.25, 0.3) is 22.3 Å². The van der Waals surface area contributed by atoms with Gasteiger partial charge in [0.25, 0.3) is 10.1 Å². The first-order valence-corrected chi connectivity index (χ1v) is 17.7. The van der Waals surface area contributed by atoms with Gasteiger partial charge in [0.15, 0.2) is 0 Å². The zero-order chi connectivity index (χ0) is 25.2. The fourth-order valence-electron chi connectivity index (χ4n) is 5.06. The van der Waals surface area contributed by atoms with Crippen LogP contribution in [-0.4, -0.2) is 57.2 Å². The van der Waals surface area contributed by atoms with Gasteiger partial charge in [0, 0.05) is 38.0 Å². The van der Waals surface area contributed by atoms with Crippen LogP contribution in [-0.2, 0) is 21.6 Å². The third-order valence-corrected chi connectivity index (χ3v) is 10.3. The molecule has 0 saturated heterocycles. The molecule has 35 heavy (non-hydrogen) atoms. The number of hydrogen-bond donors (Lipinski definition) is 1. The van der Waals surface area contributed by atoms with Gasteiger partial charge in [0.05, 0.1) is 23.2 Å². The minimum atomic E-state index is -4.01. The minimum Gasteiger partial charge on any atom is -0.361 e. The Hall–Kier alpha value is -2.08. The molecule has 9 nitrogen and oxygen atoms in total. The molecule has 1 unspecified atom stereocenters. The van der Waals surface area contributed by atoms with Crippen LogP contribution >= 0.6 is 0 Å². The van der Waals surface area contributed by atoms with Crippen molar-refractivity contribution in [2.45, 2.75) is 82.7 Å². The lowest BCUT2D eigenvalue weighted by Crippen LogP contribution is -2.32. The topological polar surface area (TPSA) is 112 Å². The van der Waals surface area contributed by atoms with Gasteiger partial charge in [-0.1, -0.05) is 26.6 Å². The lowest BCUT2D eigenvalue weighted by molar-refractivity contribution is 0.0899. The molecular formula is C24H37N5O4SSi. The molecule has 1 aliphatic carbocycles. The Kier molecular flexibility index (Phi) is 7.79. The first-order valence-electron chi connectivity index (χ1n) is 12.4. The van der Waals surface area contributed by atoms with Crippen LogP contribution < -0.4 is 0 Å². The lowest BCUT2D eigenvalue weighted by atomic mass is 9.83. The highest BCUT2D eigenvalue weighted by Gasteiger charge is 2.34. The quantitative estimate of drug-likeness (QED) is 0.228. The molecule has 11 heteroatoms. The Morgan fingerprint density at radius 3 is 2.60 bits per heavy atom. The molecule has 1 atom stereocenters. The minimum absolute atomic E-state index is 0.00417. The van der Waals surface area contributed by atoms with Gasteiger partial charge in [-0.2, -0.15) is 13.5 Å². The van der Waals surface area contributed by atoms with Crippen molar-refractivity contribution < 1.29 is 17.7 Å². The second kappa shape index (κ2) is 10.5. The largest absolute Gasteiger partial charge is 0.361 e. The van der Waals surface area contributed by atoms with Gasteiger partial charge in [-0.3, -0.25) is 9.23 Å². The second-order valence-electron chi connectivity index (χ2n) is 10.8. The second-order valence-corrected chi connectivity index (χ2v) is 18.1. The number of hydrogen-bond acceptors (Lipinski definition) is 6. The third kappa shape index (κ3) is 6.19. The average molecular weight is 520 g/mol. The summed E-state index contributed by atoms with van der Waals surface area (Å²) in [5.41, 5.74) is 2.61. The van der Waals surface area contributed by atoms with Crippen LogP contribution in [0.5, 0.6) is 0 Å². The summed E-state index contributed by atoms with van der Waals surface area (Å²) in [4.78, 5) is 9.03. The number of ether oxygens (including phenoxy) is 1.